The lowest BCUT2D eigenvalue weighted by molar-refractivity contribution is 0.239. The molecule has 0 saturated heterocycles. The normalized spacial score (nSPS) is 10.8. The summed E-state index contributed by atoms with van der Waals surface area (Å²) < 4.78 is 5.67. The summed E-state index contributed by atoms with van der Waals surface area (Å²) >= 11 is 5.93. The van der Waals surface area contributed by atoms with Crippen LogP contribution in [-0.2, 0) is 6.54 Å². The van der Waals surface area contributed by atoms with Gasteiger partial charge in [0.25, 0.3) is 0 Å². The van der Waals surface area contributed by atoms with E-state index in [1.165, 1.54) is 0 Å². The first-order valence-corrected chi connectivity index (χ1v) is 5.78. The van der Waals surface area contributed by atoms with Crippen molar-refractivity contribution < 1.29 is 9.84 Å². The number of ether oxygens (including phenoxy) is 1. The van der Waals surface area contributed by atoms with Crippen molar-refractivity contribution in [2.45, 2.75) is 26.5 Å². The Morgan fingerprint density at radius 1 is 1.44 bits per heavy atom. The van der Waals surface area contributed by atoms with Crippen molar-refractivity contribution >= 4 is 11.6 Å². The van der Waals surface area contributed by atoms with E-state index in [9.17, 15) is 0 Å². The summed E-state index contributed by atoms with van der Waals surface area (Å²) in [5.74, 6) is 0.838. The van der Waals surface area contributed by atoms with Gasteiger partial charge in [-0.3, -0.25) is 0 Å². The summed E-state index contributed by atoms with van der Waals surface area (Å²) in [6, 6.07) is 5.57. The molecule has 0 heterocycles. The minimum Gasteiger partial charge on any atom is -0.491 e. The van der Waals surface area contributed by atoms with Crippen LogP contribution in [0.2, 0.25) is 5.02 Å². The van der Waals surface area contributed by atoms with E-state index in [1.807, 2.05) is 32.0 Å². The van der Waals surface area contributed by atoms with Gasteiger partial charge in [0, 0.05) is 23.7 Å². The molecule has 0 unspecified atom stereocenters. The lowest BCUT2D eigenvalue weighted by Crippen LogP contribution is -2.18. The van der Waals surface area contributed by atoms with Gasteiger partial charge >= 0.3 is 0 Å². The molecule has 0 spiro atoms. The van der Waals surface area contributed by atoms with Crippen LogP contribution in [0.3, 0.4) is 0 Å². The molecule has 0 aromatic heterocycles. The fraction of sp³-hybridized carbons (Fsp3) is 0.500. The van der Waals surface area contributed by atoms with Crippen molar-refractivity contribution in [3.05, 3.63) is 28.8 Å². The molecule has 90 valence electrons. The van der Waals surface area contributed by atoms with Crippen LogP contribution in [0.25, 0.3) is 0 Å². The molecule has 1 rings (SSSR count). The van der Waals surface area contributed by atoms with Crippen molar-refractivity contribution in [1.82, 2.24) is 5.32 Å². The Hall–Kier alpha value is -0.770. The third kappa shape index (κ3) is 4.39. The quantitative estimate of drug-likeness (QED) is 0.753. The SMILES string of the molecule is CC(C)Oc1ccc(Cl)cc1CNCCO. The van der Waals surface area contributed by atoms with Gasteiger partial charge in [0.2, 0.25) is 0 Å². The molecule has 2 N–H and O–H groups in total. The van der Waals surface area contributed by atoms with Crippen LogP contribution in [0, 0.1) is 0 Å². The van der Waals surface area contributed by atoms with Gasteiger partial charge in [-0.15, -0.1) is 0 Å². The Kier molecular flexibility index (Phi) is 5.60. The van der Waals surface area contributed by atoms with E-state index in [4.69, 9.17) is 21.4 Å². The Morgan fingerprint density at radius 3 is 2.81 bits per heavy atom. The molecule has 0 amide bonds. The standard InChI is InChI=1S/C12H18ClNO2/c1-9(2)16-12-4-3-11(13)7-10(12)8-14-5-6-15/h3-4,7,9,14-15H,5-6,8H2,1-2H3. The molecule has 0 aliphatic rings. The first-order chi connectivity index (χ1) is 7.63. The van der Waals surface area contributed by atoms with Crippen LogP contribution in [0.1, 0.15) is 19.4 Å². The second-order valence-electron chi connectivity index (χ2n) is 3.82. The van der Waals surface area contributed by atoms with Crippen LogP contribution in [0.4, 0.5) is 0 Å². The molecule has 16 heavy (non-hydrogen) atoms. The number of halogens is 1. The number of hydrogen-bond donors (Lipinski definition) is 2. The van der Waals surface area contributed by atoms with Crippen LogP contribution in [0.15, 0.2) is 18.2 Å². The van der Waals surface area contributed by atoms with Gasteiger partial charge in [-0.25, -0.2) is 0 Å². The number of aliphatic hydroxyl groups excluding tert-OH is 1. The van der Waals surface area contributed by atoms with Crippen molar-refractivity contribution in [3.8, 4) is 5.75 Å². The topological polar surface area (TPSA) is 41.5 Å². The average Bonchev–Trinajstić information content (AvgIpc) is 2.22. The number of nitrogens with one attached hydrogen (secondary N) is 1. The molecule has 4 heteroatoms. The molecule has 0 saturated carbocycles. The van der Waals surface area contributed by atoms with Crippen LogP contribution in [-0.4, -0.2) is 24.4 Å². The predicted molar refractivity (Wildman–Crippen MR) is 66.0 cm³/mol. The number of benzene rings is 1. The van der Waals surface area contributed by atoms with Crippen LogP contribution >= 0.6 is 11.6 Å². The molecule has 3 nitrogen and oxygen atoms in total. The fourth-order valence-corrected chi connectivity index (χ4v) is 1.55. The molecule has 0 radical (unpaired) electrons. The monoisotopic (exact) mass is 243 g/mol. The molecular formula is C12H18ClNO2. The van der Waals surface area contributed by atoms with Crippen molar-refractivity contribution in [3.63, 3.8) is 0 Å². The fourth-order valence-electron chi connectivity index (χ4n) is 1.36. The smallest absolute Gasteiger partial charge is 0.124 e. The van der Waals surface area contributed by atoms with Crippen molar-refractivity contribution in [1.29, 1.82) is 0 Å². The predicted octanol–water partition coefficient (Wildman–Crippen LogP) is 2.21. The van der Waals surface area contributed by atoms with Gasteiger partial charge < -0.3 is 15.2 Å². The van der Waals surface area contributed by atoms with E-state index < -0.39 is 0 Å². The minimum absolute atomic E-state index is 0.126. The second-order valence-corrected chi connectivity index (χ2v) is 4.26. The van der Waals surface area contributed by atoms with Gasteiger partial charge in [-0.05, 0) is 32.0 Å². The van der Waals surface area contributed by atoms with Crippen LogP contribution in [0.5, 0.6) is 5.75 Å². The van der Waals surface area contributed by atoms with Gasteiger partial charge in [-0.1, -0.05) is 11.6 Å². The summed E-state index contributed by atoms with van der Waals surface area (Å²) in [4.78, 5) is 0. The summed E-state index contributed by atoms with van der Waals surface area (Å²) in [7, 11) is 0. The molecule has 0 aliphatic carbocycles. The lowest BCUT2D eigenvalue weighted by atomic mass is 10.2. The first-order valence-electron chi connectivity index (χ1n) is 5.40. The molecular weight excluding hydrogens is 226 g/mol. The maximum Gasteiger partial charge on any atom is 0.124 e. The lowest BCUT2D eigenvalue weighted by Gasteiger charge is -2.14. The molecule has 0 fully saturated rings. The summed E-state index contributed by atoms with van der Waals surface area (Å²) in [6.07, 6.45) is 0.137. The van der Waals surface area contributed by atoms with Gasteiger partial charge in [0.05, 0.1) is 12.7 Å². The highest BCUT2D eigenvalue weighted by molar-refractivity contribution is 6.30. The van der Waals surface area contributed by atoms with Crippen molar-refractivity contribution in [2.75, 3.05) is 13.2 Å². The third-order valence-corrected chi connectivity index (χ3v) is 2.22. The zero-order chi connectivity index (χ0) is 12.0. The van der Waals surface area contributed by atoms with E-state index in [0.29, 0.717) is 18.1 Å². The molecule has 0 aliphatic heterocycles. The highest BCUT2D eigenvalue weighted by Crippen LogP contribution is 2.23. The number of rotatable bonds is 6. The van der Waals surface area contributed by atoms with Gasteiger partial charge in [0.15, 0.2) is 0 Å². The largest absolute Gasteiger partial charge is 0.491 e. The Bertz CT molecular complexity index is 329. The zero-order valence-corrected chi connectivity index (χ0v) is 10.4. The van der Waals surface area contributed by atoms with E-state index in [1.54, 1.807) is 0 Å². The highest BCUT2D eigenvalue weighted by Gasteiger charge is 2.06. The number of hydrogen-bond acceptors (Lipinski definition) is 3. The maximum atomic E-state index is 8.69. The Balaban J connectivity index is 2.73. The van der Waals surface area contributed by atoms with E-state index >= 15 is 0 Å². The minimum atomic E-state index is 0.126. The molecule has 1 aromatic rings. The van der Waals surface area contributed by atoms with Gasteiger partial charge in [-0.2, -0.15) is 0 Å². The number of aliphatic hydroxyl groups is 1. The van der Waals surface area contributed by atoms with E-state index in [0.717, 1.165) is 11.3 Å². The molecule has 0 atom stereocenters. The first kappa shape index (κ1) is 13.3. The Morgan fingerprint density at radius 2 is 2.19 bits per heavy atom. The second kappa shape index (κ2) is 6.74. The van der Waals surface area contributed by atoms with E-state index in [-0.39, 0.29) is 12.7 Å². The maximum absolute atomic E-state index is 8.69. The Labute approximate surface area is 101 Å². The zero-order valence-electron chi connectivity index (χ0n) is 9.66. The average molecular weight is 244 g/mol. The summed E-state index contributed by atoms with van der Waals surface area (Å²) in [5, 5.41) is 12.5. The van der Waals surface area contributed by atoms with Gasteiger partial charge in [0.1, 0.15) is 5.75 Å². The molecule has 0 bridgehead atoms. The van der Waals surface area contributed by atoms with E-state index in [2.05, 4.69) is 5.32 Å². The highest BCUT2D eigenvalue weighted by atomic mass is 35.5. The summed E-state index contributed by atoms with van der Waals surface area (Å²) in [5.41, 5.74) is 1.01. The van der Waals surface area contributed by atoms with Crippen molar-refractivity contribution in [2.24, 2.45) is 0 Å². The molecule has 1 aromatic carbocycles. The van der Waals surface area contributed by atoms with Crippen LogP contribution < -0.4 is 10.1 Å². The summed E-state index contributed by atoms with van der Waals surface area (Å²) in [6.45, 7) is 5.30. The third-order valence-electron chi connectivity index (χ3n) is 1.99.